The lowest BCUT2D eigenvalue weighted by Gasteiger charge is -2.41. The fraction of sp³-hybridized carbons (Fsp3) is 0.500. The Morgan fingerprint density at radius 1 is 0.800 bits per heavy atom. The zero-order valence-corrected chi connectivity index (χ0v) is 28.9. The van der Waals surface area contributed by atoms with Crippen molar-refractivity contribution in [2.45, 2.75) is 94.8 Å². The third-order valence-corrected chi connectivity index (χ3v) is 13.8. The average molecular weight is 637 g/mol. The van der Waals surface area contributed by atoms with Crippen molar-refractivity contribution in [3.05, 3.63) is 95.6 Å². The molecule has 5 atom stereocenters. The van der Waals surface area contributed by atoms with E-state index in [-0.39, 0.29) is 11.6 Å². The van der Waals surface area contributed by atoms with Gasteiger partial charge < -0.3 is 38.0 Å². The van der Waals surface area contributed by atoms with Gasteiger partial charge in [0.1, 0.15) is 41.5 Å². The summed E-state index contributed by atoms with van der Waals surface area (Å²) >= 11 is 0. The van der Waals surface area contributed by atoms with Gasteiger partial charge in [-0.15, -0.1) is 0 Å². The zero-order valence-electron chi connectivity index (χ0n) is 27.9. The smallest absolute Gasteiger partial charge is 0.192 e. The van der Waals surface area contributed by atoms with Gasteiger partial charge in [-0.2, -0.15) is 0 Å². The quantitative estimate of drug-likeness (QED) is 0.185. The summed E-state index contributed by atoms with van der Waals surface area (Å²) in [6.07, 6.45) is -3.46. The molecule has 2 fully saturated rings. The highest BCUT2D eigenvalue weighted by atomic mass is 28.4. The molecule has 9 heteroatoms. The van der Waals surface area contributed by atoms with Crippen LogP contribution in [0, 0.1) is 0 Å². The molecule has 5 rings (SSSR count). The number of fused-ring (bicyclic) bond motifs is 1. The first-order valence-electron chi connectivity index (χ1n) is 15.6. The molecule has 0 aliphatic carbocycles. The third kappa shape index (κ3) is 6.71. The van der Waals surface area contributed by atoms with E-state index in [1.165, 1.54) is 0 Å². The molecule has 0 radical (unpaired) electrons. The fourth-order valence-corrected chi connectivity index (χ4v) is 7.15. The molecule has 0 aromatic heterocycles. The number of methoxy groups -OCH3 is 2. The molecule has 244 valence electrons. The molecular weight excluding hydrogens is 588 g/mol. The normalized spacial score (nSPS) is 23.9. The predicted octanol–water partition coefficient (Wildman–Crippen LogP) is 6.64. The average Bonchev–Trinajstić information content (AvgIpc) is 3.49. The van der Waals surface area contributed by atoms with Crippen molar-refractivity contribution in [3.8, 4) is 11.5 Å². The van der Waals surface area contributed by atoms with Crippen molar-refractivity contribution in [2.75, 3.05) is 20.8 Å². The number of benzene rings is 3. The summed E-state index contributed by atoms with van der Waals surface area (Å²) < 4.78 is 43.6. The predicted molar refractivity (Wildman–Crippen MR) is 175 cm³/mol. The summed E-state index contributed by atoms with van der Waals surface area (Å²) in [4.78, 5) is 0. The first-order valence-corrected chi connectivity index (χ1v) is 18.5. The molecule has 0 unspecified atom stereocenters. The van der Waals surface area contributed by atoms with Crippen molar-refractivity contribution in [2.24, 2.45) is 0 Å². The highest BCUT2D eigenvalue weighted by Gasteiger charge is 2.59. The molecule has 0 saturated carbocycles. The summed E-state index contributed by atoms with van der Waals surface area (Å²) in [5.41, 5.74) is 1.57. The standard InChI is InChI=1S/C36H48O8Si/c1-34(2,3)45(8,9)44-31-30(41-33-32(31)42-35(4,5)43-33)29(37)23-40-36(24-13-11-10-12-14-24,25-15-19-27(38-6)20-16-25)26-17-21-28(39-7)22-18-26/h10-22,29-33,37H,23H2,1-9H3/t29-,30-,31-,32-,33-/m1/s1. The van der Waals surface area contributed by atoms with Gasteiger partial charge >= 0.3 is 0 Å². The highest BCUT2D eigenvalue weighted by molar-refractivity contribution is 6.74. The minimum atomic E-state index is -2.29. The molecule has 2 saturated heterocycles. The van der Waals surface area contributed by atoms with Crippen LogP contribution in [0.2, 0.25) is 18.1 Å². The second-order valence-corrected chi connectivity index (χ2v) is 18.6. The molecule has 2 aliphatic heterocycles. The van der Waals surface area contributed by atoms with E-state index >= 15 is 0 Å². The molecule has 1 N–H and O–H groups in total. The second kappa shape index (κ2) is 12.8. The summed E-state index contributed by atoms with van der Waals surface area (Å²) in [6.45, 7) is 14.6. The topological polar surface area (TPSA) is 84.8 Å². The van der Waals surface area contributed by atoms with Crippen molar-refractivity contribution in [3.63, 3.8) is 0 Å². The minimum absolute atomic E-state index is 0.0577. The Kier molecular flexibility index (Phi) is 9.55. The summed E-state index contributed by atoms with van der Waals surface area (Å²) in [5, 5.41) is 11.8. The van der Waals surface area contributed by atoms with E-state index in [2.05, 4.69) is 33.9 Å². The molecular formula is C36H48O8Si. The Hall–Kier alpha value is -2.76. The van der Waals surface area contributed by atoms with Gasteiger partial charge in [0.15, 0.2) is 20.4 Å². The van der Waals surface area contributed by atoms with Crippen LogP contribution in [0.3, 0.4) is 0 Å². The van der Waals surface area contributed by atoms with Gasteiger partial charge in [0, 0.05) is 0 Å². The van der Waals surface area contributed by atoms with Crippen LogP contribution in [-0.4, -0.2) is 70.7 Å². The Bertz CT molecular complexity index is 1350. The Labute approximate surface area is 268 Å². The molecule has 0 amide bonds. The minimum Gasteiger partial charge on any atom is -0.497 e. The number of aliphatic hydroxyl groups excluding tert-OH is 1. The van der Waals surface area contributed by atoms with E-state index in [4.69, 9.17) is 32.8 Å². The second-order valence-electron chi connectivity index (χ2n) is 13.8. The van der Waals surface area contributed by atoms with Gasteiger partial charge in [-0.1, -0.05) is 75.4 Å². The van der Waals surface area contributed by atoms with Crippen molar-refractivity contribution >= 4 is 8.32 Å². The van der Waals surface area contributed by atoms with E-state index < -0.39 is 50.4 Å². The summed E-state index contributed by atoms with van der Waals surface area (Å²) in [7, 11) is 0.994. The molecule has 0 spiro atoms. The van der Waals surface area contributed by atoms with Crippen LogP contribution < -0.4 is 9.47 Å². The van der Waals surface area contributed by atoms with E-state index in [1.807, 2.05) is 92.7 Å². The van der Waals surface area contributed by atoms with E-state index in [0.717, 1.165) is 28.2 Å². The van der Waals surface area contributed by atoms with Gasteiger partial charge in [-0.05, 0) is 72.9 Å². The highest BCUT2D eigenvalue weighted by Crippen LogP contribution is 2.46. The lowest BCUT2D eigenvalue weighted by molar-refractivity contribution is -0.228. The SMILES string of the molecule is COc1ccc(C(OC[C@@H](O)[C@H]2O[C@@H]3OC(C)(C)O[C@@H]3[C@@H]2O[Si](C)(C)C(C)(C)C)(c2ccccc2)c2ccc(OC)cc2)cc1. The van der Waals surface area contributed by atoms with E-state index in [0.29, 0.717) is 0 Å². The van der Waals surface area contributed by atoms with Gasteiger partial charge in [0.05, 0.1) is 20.8 Å². The Balaban J connectivity index is 1.53. The summed E-state index contributed by atoms with van der Waals surface area (Å²) in [6, 6.07) is 25.6. The molecule has 3 aromatic rings. The van der Waals surface area contributed by atoms with Crippen molar-refractivity contribution in [1.29, 1.82) is 0 Å². The maximum atomic E-state index is 11.9. The molecule has 2 aliphatic rings. The monoisotopic (exact) mass is 636 g/mol. The zero-order chi connectivity index (χ0) is 32.6. The molecule has 8 nitrogen and oxygen atoms in total. The van der Waals surface area contributed by atoms with Crippen molar-refractivity contribution < 1.29 is 38.0 Å². The largest absolute Gasteiger partial charge is 0.497 e. The first-order chi connectivity index (χ1) is 21.2. The van der Waals surface area contributed by atoms with Crippen LogP contribution in [0.5, 0.6) is 11.5 Å². The van der Waals surface area contributed by atoms with Crippen LogP contribution in [0.4, 0.5) is 0 Å². The van der Waals surface area contributed by atoms with Crippen molar-refractivity contribution in [1.82, 2.24) is 0 Å². The number of hydrogen-bond donors (Lipinski definition) is 1. The van der Waals surface area contributed by atoms with Gasteiger partial charge in [0.25, 0.3) is 0 Å². The first kappa shape index (κ1) is 33.6. The lowest BCUT2D eigenvalue weighted by atomic mass is 9.80. The molecule has 2 heterocycles. The maximum absolute atomic E-state index is 11.9. The van der Waals surface area contributed by atoms with Gasteiger partial charge in [-0.3, -0.25) is 0 Å². The molecule has 45 heavy (non-hydrogen) atoms. The Morgan fingerprint density at radius 2 is 1.31 bits per heavy atom. The number of rotatable bonds is 11. The van der Waals surface area contributed by atoms with Crippen LogP contribution in [0.1, 0.15) is 51.3 Å². The third-order valence-electron chi connectivity index (χ3n) is 9.29. The van der Waals surface area contributed by atoms with Crippen LogP contribution in [0.25, 0.3) is 0 Å². The number of hydrogen-bond acceptors (Lipinski definition) is 8. The summed E-state index contributed by atoms with van der Waals surface area (Å²) in [5.74, 6) is 0.645. The van der Waals surface area contributed by atoms with Crippen LogP contribution >= 0.6 is 0 Å². The van der Waals surface area contributed by atoms with E-state index in [1.54, 1.807) is 14.2 Å². The lowest BCUT2D eigenvalue weighted by Crippen LogP contribution is -2.53. The Morgan fingerprint density at radius 3 is 1.80 bits per heavy atom. The van der Waals surface area contributed by atoms with Crippen LogP contribution in [-0.2, 0) is 29.0 Å². The molecule has 0 bridgehead atoms. The van der Waals surface area contributed by atoms with Gasteiger partial charge in [0.2, 0.25) is 0 Å². The molecule has 3 aromatic carbocycles. The van der Waals surface area contributed by atoms with E-state index in [9.17, 15) is 5.11 Å². The maximum Gasteiger partial charge on any atom is 0.192 e. The van der Waals surface area contributed by atoms with Gasteiger partial charge in [-0.25, -0.2) is 0 Å². The number of ether oxygens (including phenoxy) is 6. The number of aliphatic hydroxyl groups is 1. The fourth-order valence-electron chi connectivity index (χ4n) is 5.84. The van der Waals surface area contributed by atoms with Crippen LogP contribution in [0.15, 0.2) is 78.9 Å².